The predicted octanol–water partition coefficient (Wildman–Crippen LogP) is -0.980. The minimum absolute atomic E-state index is 0.0928. The molecule has 76 valence electrons. The van der Waals surface area contributed by atoms with Gasteiger partial charge in [-0.3, -0.25) is 0 Å². The molecular weight excluding hydrogens is 193 g/mol. The van der Waals surface area contributed by atoms with Crippen LogP contribution >= 0.6 is 7.92 Å². The summed E-state index contributed by atoms with van der Waals surface area (Å²) in [4.78, 5) is 8.89. The van der Waals surface area contributed by atoms with Crippen molar-refractivity contribution in [1.82, 2.24) is 0 Å². The van der Waals surface area contributed by atoms with Crippen LogP contribution in [-0.4, -0.2) is 42.8 Å². The molecule has 0 aromatic rings. The molecule has 0 rings (SSSR count). The molecule has 0 heterocycles. The molecular formula is C7H14NO4P. The maximum atomic E-state index is 9.98. The SMILES string of the molecule is CC(=O)[O-].C[N+](C)(C#P=O)CCO. The topological polar surface area (TPSA) is 77.4 Å². The Morgan fingerprint density at radius 3 is 2.23 bits per heavy atom. The second kappa shape index (κ2) is 8.02. The molecule has 0 fully saturated rings. The Hall–Kier alpha value is -0.600. The molecule has 0 aliphatic heterocycles. The molecule has 0 amide bonds. The molecule has 0 aliphatic carbocycles. The van der Waals surface area contributed by atoms with E-state index in [9.17, 15) is 4.57 Å². The first-order valence-electron chi connectivity index (χ1n) is 3.56. The van der Waals surface area contributed by atoms with Gasteiger partial charge >= 0.3 is 55.1 Å². The third-order valence-electron chi connectivity index (χ3n) is 0.971. The molecule has 0 aromatic heterocycles. The van der Waals surface area contributed by atoms with Crippen LogP contribution in [0.4, 0.5) is 0 Å². The second-order valence-corrected chi connectivity index (χ2v) is 3.20. The number of aliphatic hydroxyl groups excluding tert-OH is 1. The number of carbonyl (C=O) groups is 1. The zero-order valence-electron chi connectivity index (χ0n) is 7.98. The number of carboxylic acids is 1. The van der Waals surface area contributed by atoms with Crippen LogP contribution in [0.2, 0.25) is 0 Å². The van der Waals surface area contributed by atoms with Gasteiger partial charge < -0.3 is 9.90 Å². The molecule has 0 atom stereocenters. The Morgan fingerprint density at radius 2 is 2.00 bits per heavy atom. The van der Waals surface area contributed by atoms with Gasteiger partial charge in [-0.25, -0.2) is 0 Å². The van der Waals surface area contributed by atoms with Gasteiger partial charge in [0, 0.05) is 5.97 Å². The number of hydrogen-bond donors (Lipinski definition) is 1. The fraction of sp³-hybridized carbons (Fsp3) is 0.714. The van der Waals surface area contributed by atoms with Crippen molar-refractivity contribution in [3.63, 3.8) is 0 Å². The summed E-state index contributed by atoms with van der Waals surface area (Å²) in [6.45, 7) is 1.62. The van der Waals surface area contributed by atoms with E-state index in [-0.39, 0.29) is 14.5 Å². The molecule has 0 radical (unpaired) electrons. The average molecular weight is 207 g/mol. The van der Waals surface area contributed by atoms with Gasteiger partial charge in [-0.2, -0.15) is 0 Å². The van der Waals surface area contributed by atoms with Gasteiger partial charge in [-0.05, 0) is 6.92 Å². The van der Waals surface area contributed by atoms with Crippen LogP contribution < -0.4 is 5.11 Å². The number of likely N-dealkylation sites (N-methyl/N-ethyl adjacent to an activating group) is 1. The number of carbonyl (C=O) groups excluding carboxylic acids is 1. The molecule has 0 unspecified atom stereocenters. The predicted molar refractivity (Wildman–Crippen MR) is 46.2 cm³/mol. The molecule has 6 heteroatoms. The normalized spacial score (nSPS) is 9.23. The van der Waals surface area contributed by atoms with E-state index in [0.29, 0.717) is 11.0 Å². The van der Waals surface area contributed by atoms with Gasteiger partial charge in [0.2, 0.25) is 0 Å². The quantitative estimate of drug-likeness (QED) is 0.466. The van der Waals surface area contributed by atoms with Crippen molar-refractivity contribution in [2.45, 2.75) is 6.92 Å². The van der Waals surface area contributed by atoms with E-state index in [1.165, 1.54) is 0 Å². The van der Waals surface area contributed by atoms with E-state index in [0.717, 1.165) is 6.92 Å². The number of aliphatic carboxylic acids is 1. The van der Waals surface area contributed by atoms with Crippen molar-refractivity contribution in [2.75, 3.05) is 27.2 Å². The first-order valence-corrected chi connectivity index (χ1v) is 4.38. The van der Waals surface area contributed by atoms with E-state index >= 15 is 0 Å². The van der Waals surface area contributed by atoms with Crippen LogP contribution in [0.25, 0.3) is 0 Å². The van der Waals surface area contributed by atoms with E-state index in [4.69, 9.17) is 15.0 Å². The Kier molecular flexibility index (Phi) is 9.19. The summed E-state index contributed by atoms with van der Waals surface area (Å²) in [7, 11) is 3.54. The monoisotopic (exact) mass is 207 g/mol. The number of hydrogen-bond acceptors (Lipinski definition) is 4. The summed E-state index contributed by atoms with van der Waals surface area (Å²) in [5.74, 6) is 1.53. The molecule has 0 spiro atoms. The summed E-state index contributed by atoms with van der Waals surface area (Å²) in [5.41, 5.74) is 0. The standard InChI is InChI=1S/C5H11NO2P.C2H4O2/c1-6(2,3-4-7)5-9-8;1-2(3)4/h7H,3-4H2,1-2H3;1H3,(H,3,4)/q+1;/p-1. The Morgan fingerprint density at radius 1 is 1.62 bits per heavy atom. The van der Waals surface area contributed by atoms with Crippen LogP contribution in [0, 0.1) is 5.75 Å². The zero-order chi connectivity index (χ0) is 10.9. The second-order valence-electron chi connectivity index (χ2n) is 2.82. The van der Waals surface area contributed by atoms with Crippen molar-refractivity contribution in [3.05, 3.63) is 0 Å². The minimum atomic E-state index is -1.08. The van der Waals surface area contributed by atoms with Gasteiger partial charge in [0.25, 0.3) is 0 Å². The van der Waals surface area contributed by atoms with Gasteiger partial charge in [-0.1, -0.05) is 0 Å². The fourth-order valence-electron chi connectivity index (χ4n) is 0.411. The van der Waals surface area contributed by atoms with Crippen molar-refractivity contribution in [2.24, 2.45) is 0 Å². The number of carboxylic acid groups (broad SMARTS) is 1. The molecule has 0 aromatic carbocycles. The first kappa shape index (κ1) is 14.9. The number of quaternary nitrogens is 1. The molecule has 0 aliphatic rings. The molecule has 0 saturated heterocycles. The maximum absolute atomic E-state index is 9.98. The Balaban J connectivity index is 0. The Bertz CT molecular complexity index is 240. The van der Waals surface area contributed by atoms with Gasteiger partial charge in [0.1, 0.15) is 0 Å². The third-order valence-corrected chi connectivity index (χ3v) is 1.59. The van der Waals surface area contributed by atoms with Crippen LogP contribution in [0.3, 0.4) is 0 Å². The molecule has 13 heavy (non-hydrogen) atoms. The van der Waals surface area contributed by atoms with E-state index in [1.807, 2.05) is 14.1 Å². The summed E-state index contributed by atoms with van der Waals surface area (Å²) in [6.07, 6.45) is 0. The van der Waals surface area contributed by atoms with Crippen molar-refractivity contribution in [1.29, 1.82) is 0 Å². The summed E-state index contributed by atoms with van der Waals surface area (Å²) in [5, 5.41) is 17.4. The summed E-state index contributed by atoms with van der Waals surface area (Å²) >= 11 is 0. The average Bonchev–Trinajstić information content (AvgIpc) is 1.84. The number of aliphatic hydroxyl groups is 1. The van der Waals surface area contributed by atoms with Gasteiger partial charge in [-0.15, -0.1) is 0 Å². The van der Waals surface area contributed by atoms with Gasteiger partial charge in [0.05, 0.1) is 0 Å². The number of rotatable bonds is 2. The summed E-state index contributed by atoms with van der Waals surface area (Å²) < 4.78 is 10.3. The van der Waals surface area contributed by atoms with Gasteiger partial charge in [0.15, 0.2) is 0 Å². The fourth-order valence-corrected chi connectivity index (χ4v) is 0.732. The molecule has 0 bridgehead atoms. The summed E-state index contributed by atoms with van der Waals surface area (Å²) in [6, 6.07) is 0. The van der Waals surface area contributed by atoms with Crippen molar-refractivity contribution in [3.8, 4) is 5.75 Å². The van der Waals surface area contributed by atoms with Crippen LogP contribution in [0.15, 0.2) is 0 Å². The first-order chi connectivity index (χ1) is 5.85. The number of nitrogens with zero attached hydrogens (tertiary/aromatic N) is 1. The zero-order valence-corrected chi connectivity index (χ0v) is 8.88. The van der Waals surface area contributed by atoms with E-state index < -0.39 is 5.97 Å². The Labute approximate surface area is 78.7 Å². The van der Waals surface area contributed by atoms with Crippen LogP contribution in [0.5, 0.6) is 0 Å². The van der Waals surface area contributed by atoms with E-state index in [1.54, 1.807) is 0 Å². The van der Waals surface area contributed by atoms with Crippen molar-refractivity contribution < 1.29 is 24.1 Å². The third kappa shape index (κ3) is 18.4. The molecule has 0 saturated carbocycles. The van der Waals surface area contributed by atoms with Crippen molar-refractivity contribution >= 4 is 13.9 Å². The van der Waals surface area contributed by atoms with Crippen LogP contribution in [-0.2, 0) is 9.36 Å². The molecule has 1 N–H and O–H groups in total. The molecule has 5 nitrogen and oxygen atoms in total. The van der Waals surface area contributed by atoms with Crippen LogP contribution in [0.1, 0.15) is 6.92 Å². The van der Waals surface area contributed by atoms with E-state index in [2.05, 4.69) is 5.75 Å².